The number of ether oxygens (including phenoxy) is 1. The number of sulfonamides is 1. The van der Waals surface area contributed by atoms with E-state index in [-0.39, 0.29) is 5.75 Å². The van der Waals surface area contributed by atoms with Crippen molar-refractivity contribution in [1.29, 1.82) is 0 Å². The number of nitrogens with one attached hydrogen (secondary N) is 1. The molecule has 108 valence electrons. The van der Waals surface area contributed by atoms with E-state index in [4.69, 9.17) is 27.9 Å². The second-order valence-electron chi connectivity index (χ2n) is 3.79. The summed E-state index contributed by atoms with van der Waals surface area (Å²) in [5.41, 5.74) is 0.313. The van der Waals surface area contributed by atoms with Crippen LogP contribution in [0.3, 0.4) is 0 Å². The zero-order chi connectivity index (χ0) is 14.5. The summed E-state index contributed by atoms with van der Waals surface area (Å²) in [6, 6.07) is 3.13. The van der Waals surface area contributed by atoms with Crippen LogP contribution >= 0.6 is 39.1 Å². The van der Waals surface area contributed by atoms with Crippen LogP contribution in [-0.4, -0.2) is 27.2 Å². The van der Waals surface area contributed by atoms with E-state index in [1.54, 1.807) is 6.07 Å². The molecule has 0 spiro atoms. The maximum atomic E-state index is 11.9. The minimum atomic E-state index is -3.44. The fraction of sp³-hybridized carbons (Fsp3) is 0.455. The van der Waals surface area contributed by atoms with Crippen LogP contribution in [0.25, 0.3) is 0 Å². The van der Waals surface area contributed by atoms with Crippen LogP contribution in [0.2, 0.25) is 5.02 Å². The third-order valence-electron chi connectivity index (χ3n) is 2.27. The molecule has 0 unspecified atom stereocenters. The zero-order valence-corrected chi connectivity index (χ0v) is 14.2. The molecule has 0 fully saturated rings. The van der Waals surface area contributed by atoms with Gasteiger partial charge in [0.2, 0.25) is 10.0 Å². The van der Waals surface area contributed by atoms with Crippen molar-refractivity contribution in [2.75, 3.05) is 23.5 Å². The smallest absolute Gasteiger partial charge is 0.232 e. The molecule has 8 heteroatoms. The highest BCUT2D eigenvalue weighted by Crippen LogP contribution is 2.36. The predicted octanol–water partition coefficient (Wildman–Crippen LogP) is 3.87. The van der Waals surface area contributed by atoms with E-state index in [2.05, 4.69) is 20.7 Å². The summed E-state index contributed by atoms with van der Waals surface area (Å²) in [5, 5.41) is 0.408. The lowest BCUT2D eigenvalue weighted by Gasteiger charge is -2.13. The SMILES string of the molecule is COc1c(Br)cc(Cl)cc1NS(=O)(=O)CCCCCl. The molecule has 0 aliphatic rings. The van der Waals surface area contributed by atoms with Gasteiger partial charge in [0.15, 0.2) is 5.75 Å². The quantitative estimate of drug-likeness (QED) is 0.567. The molecular weight excluding hydrogens is 377 g/mol. The summed E-state index contributed by atoms with van der Waals surface area (Å²) >= 11 is 14.7. The Balaban J connectivity index is 2.92. The van der Waals surface area contributed by atoms with Gasteiger partial charge in [0, 0.05) is 10.9 Å². The van der Waals surface area contributed by atoms with E-state index in [0.29, 0.717) is 39.7 Å². The number of benzene rings is 1. The number of anilines is 1. The lowest BCUT2D eigenvalue weighted by Crippen LogP contribution is -2.17. The molecule has 19 heavy (non-hydrogen) atoms. The second-order valence-corrected chi connectivity index (χ2v) is 7.30. The minimum absolute atomic E-state index is 0.00695. The maximum Gasteiger partial charge on any atom is 0.232 e. The average molecular weight is 391 g/mol. The molecule has 1 aromatic rings. The van der Waals surface area contributed by atoms with Gasteiger partial charge < -0.3 is 4.74 Å². The van der Waals surface area contributed by atoms with Crippen molar-refractivity contribution >= 4 is 54.8 Å². The van der Waals surface area contributed by atoms with Crippen molar-refractivity contribution < 1.29 is 13.2 Å². The molecule has 0 atom stereocenters. The van der Waals surface area contributed by atoms with Crippen LogP contribution in [0.1, 0.15) is 12.8 Å². The fourth-order valence-corrected chi connectivity index (χ4v) is 3.78. The van der Waals surface area contributed by atoms with Crippen LogP contribution in [0.4, 0.5) is 5.69 Å². The van der Waals surface area contributed by atoms with Crippen molar-refractivity contribution in [1.82, 2.24) is 0 Å². The number of hydrogen-bond acceptors (Lipinski definition) is 3. The molecule has 0 heterocycles. The molecule has 4 nitrogen and oxygen atoms in total. The number of methoxy groups -OCH3 is 1. The van der Waals surface area contributed by atoms with E-state index in [1.165, 1.54) is 13.2 Å². The molecule has 0 radical (unpaired) electrons. The van der Waals surface area contributed by atoms with E-state index in [1.807, 2.05) is 0 Å². The molecule has 0 saturated carbocycles. The first-order valence-electron chi connectivity index (χ1n) is 5.49. The molecule has 0 saturated heterocycles. The standard InChI is InChI=1S/C11H14BrCl2NO3S/c1-18-11-9(12)6-8(14)7-10(11)15-19(16,17)5-3-2-4-13/h6-7,15H,2-5H2,1H3. The fourth-order valence-electron chi connectivity index (χ4n) is 1.45. The number of alkyl halides is 1. The lowest BCUT2D eigenvalue weighted by molar-refractivity contribution is 0.414. The van der Waals surface area contributed by atoms with Crippen LogP contribution < -0.4 is 9.46 Å². The summed E-state index contributed by atoms with van der Waals surface area (Å²) in [7, 11) is -1.98. The predicted molar refractivity (Wildman–Crippen MR) is 83.1 cm³/mol. The molecule has 0 aliphatic heterocycles. The van der Waals surface area contributed by atoms with Gasteiger partial charge >= 0.3 is 0 Å². The first-order valence-corrected chi connectivity index (χ1v) is 8.85. The van der Waals surface area contributed by atoms with Gasteiger partial charge in [-0.2, -0.15) is 0 Å². The van der Waals surface area contributed by atoms with Crippen molar-refractivity contribution in [2.24, 2.45) is 0 Å². The van der Waals surface area contributed by atoms with Crippen molar-refractivity contribution in [3.05, 3.63) is 21.6 Å². The van der Waals surface area contributed by atoms with Crippen molar-refractivity contribution in [3.63, 3.8) is 0 Å². The first kappa shape index (κ1) is 16.9. The number of hydrogen-bond donors (Lipinski definition) is 1. The van der Waals surface area contributed by atoms with E-state index in [9.17, 15) is 8.42 Å². The van der Waals surface area contributed by atoms with Crippen molar-refractivity contribution in [3.8, 4) is 5.75 Å². The molecule has 0 aromatic heterocycles. The Morgan fingerprint density at radius 2 is 2.05 bits per heavy atom. The largest absolute Gasteiger partial charge is 0.493 e. The average Bonchev–Trinajstić information content (AvgIpc) is 2.27. The van der Waals surface area contributed by atoms with Crippen molar-refractivity contribution in [2.45, 2.75) is 12.8 Å². The Bertz CT molecular complexity index is 537. The summed E-state index contributed by atoms with van der Waals surface area (Å²) < 4.78 is 32.0. The summed E-state index contributed by atoms with van der Waals surface area (Å²) in [5.74, 6) is 0.847. The number of rotatable bonds is 7. The third-order valence-corrected chi connectivity index (χ3v) is 4.71. The highest BCUT2D eigenvalue weighted by atomic mass is 79.9. The maximum absolute atomic E-state index is 11.9. The lowest BCUT2D eigenvalue weighted by atomic mass is 10.3. The molecule has 1 rings (SSSR count). The summed E-state index contributed by atoms with van der Waals surface area (Å²) in [4.78, 5) is 0. The minimum Gasteiger partial charge on any atom is -0.493 e. The monoisotopic (exact) mass is 389 g/mol. The Hall–Kier alpha value is -0.170. The molecular formula is C11H14BrCl2NO3S. The highest BCUT2D eigenvalue weighted by molar-refractivity contribution is 9.10. The van der Waals surface area contributed by atoms with Gasteiger partial charge in [-0.1, -0.05) is 11.6 Å². The summed E-state index contributed by atoms with van der Waals surface area (Å²) in [6.45, 7) is 0. The molecule has 0 bridgehead atoms. The van der Waals surface area contributed by atoms with E-state index >= 15 is 0 Å². The van der Waals surface area contributed by atoms with Gasteiger partial charge in [-0.15, -0.1) is 11.6 Å². The number of halogens is 3. The first-order chi connectivity index (χ1) is 8.89. The van der Waals surface area contributed by atoms with E-state index in [0.717, 1.165) is 0 Å². The number of unbranched alkanes of at least 4 members (excludes halogenated alkanes) is 1. The molecule has 1 N–H and O–H groups in total. The van der Waals surface area contributed by atoms with Gasteiger partial charge in [0.25, 0.3) is 0 Å². The Morgan fingerprint density at radius 1 is 1.37 bits per heavy atom. The normalized spacial score (nSPS) is 11.4. The second kappa shape index (κ2) is 7.57. The Morgan fingerprint density at radius 3 is 2.63 bits per heavy atom. The van der Waals surface area contributed by atoms with Crippen LogP contribution in [0, 0.1) is 0 Å². The van der Waals surface area contributed by atoms with Crippen LogP contribution in [0.15, 0.2) is 16.6 Å². The van der Waals surface area contributed by atoms with Gasteiger partial charge in [-0.3, -0.25) is 4.72 Å². The Labute approximate surface area is 131 Å². The van der Waals surface area contributed by atoms with Crippen LogP contribution in [-0.2, 0) is 10.0 Å². The van der Waals surface area contributed by atoms with Gasteiger partial charge in [-0.25, -0.2) is 8.42 Å². The molecule has 0 amide bonds. The third kappa shape index (κ3) is 5.38. The zero-order valence-electron chi connectivity index (χ0n) is 10.3. The molecule has 1 aromatic carbocycles. The topological polar surface area (TPSA) is 55.4 Å². The van der Waals surface area contributed by atoms with Crippen LogP contribution in [0.5, 0.6) is 5.75 Å². The van der Waals surface area contributed by atoms with Gasteiger partial charge in [0.05, 0.1) is 23.0 Å². The molecule has 0 aliphatic carbocycles. The highest BCUT2D eigenvalue weighted by Gasteiger charge is 2.16. The van der Waals surface area contributed by atoms with Gasteiger partial charge in [0.1, 0.15) is 0 Å². The van der Waals surface area contributed by atoms with E-state index < -0.39 is 10.0 Å². The Kier molecular flexibility index (Phi) is 6.73. The van der Waals surface area contributed by atoms with Gasteiger partial charge in [-0.05, 0) is 40.9 Å². The summed E-state index contributed by atoms with van der Waals surface area (Å²) in [6.07, 6.45) is 1.15.